The predicted octanol–water partition coefficient (Wildman–Crippen LogP) is 2.73. The molecule has 0 spiro atoms. The van der Waals surface area contributed by atoms with Crippen LogP contribution in [0.4, 0.5) is 0 Å². The first kappa shape index (κ1) is 16.8. The van der Waals surface area contributed by atoms with Gasteiger partial charge in [-0.05, 0) is 43.5 Å². The summed E-state index contributed by atoms with van der Waals surface area (Å²) >= 11 is 0. The number of nitriles is 1. The molecule has 0 aliphatic heterocycles. The summed E-state index contributed by atoms with van der Waals surface area (Å²) in [5, 5.41) is 12.1. The number of methoxy groups -OCH3 is 1. The third-order valence-corrected chi connectivity index (χ3v) is 3.87. The molecule has 120 valence electrons. The fourth-order valence-corrected chi connectivity index (χ4v) is 2.45. The van der Waals surface area contributed by atoms with Gasteiger partial charge in [0.05, 0.1) is 5.56 Å². The highest BCUT2D eigenvalue weighted by Crippen LogP contribution is 2.22. The Morgan fingerprint density at radius 2 is 2.13 bits per heavy atom. The highest BCUT2D eigenvalue weighted by Gasteiger charge is 2.19. The standard InChI is InChI=1S/C18H21N3O2/c1-13-6-4-7-16(14(13)2)21-10-8-15(12-19)17(21)18(22)20-9-5-11-23-3/h4,6-8,10H,5,9,11H2,1-3H3,(H,20,22). The molecule has 1 heterocycles. The summed E-state index contributed by atoms with van der Waals surface area (Å²) in [5.41, 5.74) is 3.88. The van der Waals surface area contributed by atoms with Crippen molar-refractivity contribution in [3.05, 3.63) is 52.8 Å². The summed E-state index contributed by atoms with van der Waals surface area (Å²) in [6.45, 7) is 5.13. The van der Waals surface area contributed by atoms with E-state index in [1.165, 1.54) is 0 Å². The van der Waals surface area contributed by atoms with E-state index in [4.69, 9.17) is 4.74 Å². The number of rotatable bonds is 6. The van der Waals surface area contributed by atoms with Gasteiger partial charge in [-0.2, -0.15) is 5.26 Å². The third kappa shape index (κ3) is 3.61. The number of hydrogen-bond acceptors (Lipinski definition) is 3. The fraction of sp³-hybridized carbons (Fsp3) is 0.333. The number of amides is 1. The molecule has 0 atom stereocenters. The molecular formula is C18H21N3O2. The topological polar surface area (TPSA) is 67.0 Å². The molecule has 0 aliphatic carbocycles. The van der Waals surface area contributed by atoms with Gasteiger partial charge >= 0.3 is 0 Å². The highest BCUT2D eigenvalue weighted by atomic mass is 16.5. The predicted molar refractivity (Wildman–Crippen MR) is 88.8 cm³/mol. The second kappa shape index (κ2) is 7.61. The maximum Gasteiger partial charge on any atom is 0.269 e. The smallest absolute Gasteiger partial charge is 0.269 e. The number of nitrogens with one attached hydrogen (secondary N) is 1. The van der Waals surface area contributed by atoms with Gasteiger partial charge < -0.3 is 14.6 Å². The van der Waals surface area contributed by atoms with Crippen LogP contribution in [0, 0.1) is 25.2 Å². The summed E-state index contributed by atoms with van der Waals surface area (Å²) in [6, 6.07) is 9.69. The van der Waals surface area contributed by atoms with Crippen LogP contribution in [0.25, 0.3) is 5.69 Å². The molecule has 0 bridgehead atoms. The average molecular weight is 311 g/mol. The van der Waals surface area contributed by atoms with Gasteiger partial charge in [0, 0.05) is 32.1 Å². The summed E-state index contributed by atoms with van der Waals surface area (Å²) in [6.07, 6.45) is 2.50. The van der Waals surface area contributed by atoms with Crippen LogP contribution in [-0.2, 0) is 4.74 Å². The van der Waals surface area contributed by atoms with Crippen LogP contribution in [0.15, 0.2) is 30.5 Å². The van der Waals surface area contributed by atoms with Gasteiger partial charge in [-0.15, -0.1) is 0 Å². The number of aryl methyl sites for hydroxylation is 1. The van der Waals surface area contributed by atoms with E-state index in [0.717, 1.165) is 23.2 Å². The van der Waals surface area contributed by atoms with Gasteiger partial charge in [0.2, 0.25) is 0 Å². The van der Waals surface area contributed by atoms with Crippen LogP contribution in [0.1, 0.15) is 33.6 Å². The molecule has 0 aliphatic rings. The number of benzene rings is 1. The number of carbonyl (C=O) groups excluding carboxylic acids is 1. The minimum atomic E-state index is -0.247. The maximum atomic E-state index is 12.5. The minimum absolute atomic E-state index is 0.247. The molecule has 0 radical (unpaired) electrons. The Hall–Kier alpha value is -2.58. The van der Waals surface area contributed by atoms with Crippen molar-refractivity contribution in [3.63, 3.8) is 0 Å². The Balaban J connectivity index is 2.36. The first-order valence-electron chi connectivity index (χ1n) is 7.55. The molecule has 0 saturated carbocycles. The van der Waals surface area contributed by atoms with Crippen molar-refractivity contribution in [2.45, 2.75) is 20.3 Å². The molecule has 2 rings (SSSR count). The van der Waals surface area contributed by atoms with Crippen LogP contribution in [-0.4, -0.2) is 30.7 Å². The second-order valence-corrected chi connectivity index (χ2v) is 5.38. The molecule has 0 unspecified atom stereocenters. The quantitative estimate of drug-likeness (QED) is 0.834. The first-order valence-corrected chi connectivity index (χ1v) is 7.55. The van der Waals surface area contributed by atoms with Crippen molar-refractivity contribution < 1.29 is 9.53 Å². The van der Waals surface area contributed by atoms with Crippen molar-refractivity contribution in [1.29, 1.82) is 5.26 Å². The normalized spacial score (nSPS) is 10.3. The van der Waals surface area contributed by atoms with E-state index in [-0.39, 0.29) is 5.91 Å². The molecule has 23 heavy (non-hydrogen) atoms. The van der Waals surface area contributed by atoms with Crippen LogP contribution in [0.3, 0.4) is 0 Å². The van der Waals surface area contributed by atoms with E-state index < -0.39 is 0 Å². The fourth-order valence-electron chi connectivity index (χ4n) is 2.45. The van der Waals surface area contributed by atoms with Gasteiger partial charge in [-0.1, -0.05) is 12.1 Å². The Morgan fingerprint density at radius 1 is 1.35 bits per heavy atom. The van der Waals surface area contributed by atoms with E-state index in [2.05, 4.69) is 11.4 Å². The highest BCUT2D eigenvalue weighted by molar-refractivity contribution is 5.96. The third-order valence-electron chi connectivity index (χ3n) is 3.87. The molecule has 5 heteroatoms. The van der Waals surface area contributed by atoms with Crippen molar-refractivity contribution in [1.82, 2.24) is 9.88 Å². The lowest BCUT2D eigenvalue weighted by molar-refractivity contribution is 0.0941. The summed E-state index contributed by atoms with van der Waals surface area (Å²) < 4.78 is 6.76. The van der Waals surface area contributed by atoms with Gasteiger partial charge in [-0.3, -0.25) is 4.79 Å². The lowest BCUT2D eigenvalue weighted by atomic mass is 10.1. The van der Waals surface area contributed by atoms with E-state index >= 15 is 0 Å². The zero-order valence-electron chi connectivity index (χ0n) is 13.7. The number of nitrogens with zero attached hydrogens (tertiary/aromatic N) is 2. The van der Waals surface area contributed by atoms with E-state index in [1.54, 1.807) is 23.9 Å². The Bertz CT molecular complexity index is 741. The van der Waals surface area contributed by atoms with Gasteiger partial charge in [0.15, 0.2) is 0 Å². The molecule has 1 aromatic heterocycles. The SMILES string of the molecule is COCCCNC(=O)c1c(C#N)ccn1-c1cccc(C)c1C. The van der Waals surface area contributed by atoms with Crippen molar-refractivity contribution in [2.75, 3.05) is 20.3 Å². The summed E-state index contributed by atoms with van der Waals surface area (Å²) in [7, 11) is 1.63. The molecule has 1 aromatic carbocycles. The first-order chi connectivity index (χ1) is 11.1. The summed E-state index contributed by atoms with van der Waals surface area (Å²) in [5.74, 6) is -0.247. The number of hydrogen-bond donors (Lipinski definition) is 1. The van der Waals surface area contributed by atoms with Crippen molar-refractivity contribution in [2.24, 2.45) is 0 Å². The second-order valence-electron chi connectivity index (χ2n) is 5.38. The Morgan fingerprint density at radius 3 is 2.83 bits per heavy atom. The largest absolute Gasteiger partial charge is 0.385 e. The van der Waals surface area contributed by atoms with Gasteiger partial charge in [0.1, 0.15) is 11.8 Å². The van der Waals surface area contributed by atoms with Crippen LogP contribution in [0.5, 0.6) is 0 Å². The molecular weight excluding hydrogens is 290 g/mol. The average Bonchev–Trinajstić information content (AvgIpc) is 2.98. The lowest BCUT2D eigenvalue weighted by Gasteiger charge is -2.14. The molecule has 1 amide bonds. The van der Waals surface area contributed by atoms with Crippen LogP contribution < -0.4 is 5.32 Å². The maximum absolute atomic E-state index is 12.5. The zero-order valence-corrected chi connectivity index (χ0v) is 13.7. The van der Waals surface area contributed by atoms with E-state index in [9.17, 15) is 10.1 Å². The molecule has 0 saturated heterocycles. The van der Waals surface area contributed by atoms with Crippen molar-refractivity contribution in [3.8, 4) is 11.8 Å². The zero-order chi connectivity index (χ0) is 16.8. The Labute approximate surface area is 136 Å². The van der Waals surface area contributed by atoms with Gasteiger partial charge in [0.25, 0.3) is 5.91 Å². The van der Waals surface area contributed by atoms with Gasteiger partial charge in [-0.25, -0.2) is 0 Å². The van der Waals surface area contributed by atoms with Crippen LogP contribution >= 0.6 is 0 Å². The molecule has 5 nitrogen and oxygen atoms in total. The van der Waals surface area contributed by atoms with Crippen molar-refractivity contribution >= 4 is 5.91 Å². The lowest BCUT2D eigenvalue weighted by Crippen LogP contribution is -2.28. The van der Waals surface area contributed by atoms with E-state index in [0.29, 0.717) is 24.4 Å². The molecule has 1 N–H and O–H groups in total. The van der Waals surface area contributed by atoms with E-state index in [1.807, 2.05) is 32.0 Å². The molecule has 2 aromatic rings. The number of aromatic nitrogens is 1. The minimum Gasteiger partial charge on any atom is -0.385 e. The molecule has 0 fully saturated rings. The van der Waals surface area contributed by atoms with Crippen LogP contribution in [0.2, 0.25) is 0 Å². The number of ether oxygens (including phenoxy) is 1. The summed E-state index contributed by atoms with van der Waals surface area (Å²) in [4.78, 5) is 12.5. The number of carbonyl (C=O) groups is 1. The Kier molecular flexibility index (Phi) is 5.56. The monoisotopic (exact) mass is 311 g/mol.